The van der Waals surface area contributed by atoms with E-state index in [1.165, 1.54) is 37.8 Å². The Hall–Kier alpha value is -1.55. The van der Waals surface area contributed by atoms with Gasteiger partial charge < -0.3 is 15.5 Å². The molecule has 0 bridgehead atoms. The first-order valence-corrected chi connectivity index (χ1v) is 9.02. The van der Waals surface area contributed by atoms with E-state index in [0.717, 1.165) is 24.3 Å². The molecule has 0 radical (unpaired) electrons. The van der Waals surface area contributed by atoms with Crippen molar-refractivity contribution >= 4 is 17.3 Å². The Kier molecular flexibility index (Phi) is 6.90. The maximum absolute atomic E-state index is 12.2. The molecule has 0 aliphatic heterocycles. The van der Waals surface area contributed by atoms with Crippen molar-refractivity contribution in [1.29, 1.82) is 0 Å². The van der Waals surface area contributed by atoms with E-state index in [9.17, 15) is 4.79 Å². The number of carbonyl (C=O) groups excluding carboxylic acids is 1. The van der Waals surface area contributed by atoms with E-state index in [1.807, 2.05) is 6.07 Å². The lowest BCUT2D eigenvalue weighted by Gasteiger charge is -2.23. The van der Waals surface area contributed by atoms with Crippen molar-refractivity contribution in [2.24, 2.45) is 0 Å². The standard InChI is InChI=1S/C19H31N3O/c1-4-22(5-2)17-11-12-18(15(3)13-17)21-19(23)14-20-16-9-7-6-8-10-16/h11-13,16,20H,4-10,14H2,1-3H3,(H,21,23). The summed E-state index contributed by atoms with van der Waals surface area (Å²) < 4.78 is 0. The Labute approximate surface area is 140 Å². The number of nitrogens with one attached hydrogen (secondary N) is 2. The van der Waals surface area contributed by atoms with Crippen LogP contribution in [0.4, 0.5) is 11.4 Å². The van der Waals surface area contributed by atoms with E-state index in [2.05, 4.69) is 48.4 Å². The molecule has 1 saturated carbocycles. The molecule has 4 nitrogen and oxygen atoms in total. The number of hydrogen-bond acceptors (Lipinski definition) is 3. The lowest BCUT2D eigenvalue weighted by Crippen LogP contribution is -2.37. The Morgan fingerprint density at radius 3 is 2.48 bits per heavy atom. The summed E-state index contributed by atoms with van der Waals surface area (Å²) in [6.45, 7) is 8.76. The van der Waals surface area contributed by atoms with Crippen LogP contribution >= 0.6 is 0 Å². The van der Waals surface area contributed by atoms with Crippen LogP contribution in [0, 0.1) is 6.92 Å². The molecule has 0 heterocycles. The highest BCUT2D eigenvalue weighted by atomic mass is 16.1. The van der Waals surface area contributed by atoms with Gasteiger partial charge in [0.25, 0.3) is 0 Å². The SMILES string of the molecule is CCN(CC)c1ccc(NC(=O)CNC2CCCCC2)c(C)c1. The van der Waals surface area contributed by atoms with Gasteiger partial charge in [-0.15, -0.1) is 0 Å². The van der Waals surface area contributed by atoms with Gasteiger partial charge >= 0.3 is 0 Å². The zero-order valence-corrected chi connectivity index (χ0v) is 14.8. The Balaban J connectivity index is 1.87. The van der Waals surface area contributed by atoms with E-state index < -0.39 is 0 Å². The minimum Gasteiger partial charge on any atom is -0.372 e. The molecule has 128 valence electrons. The van der Waals surface area contributed by atoms with Crippen molar-refractivity contribution in [2.45, 2.75) is 58.9 Å². The number of rotatable bonds is 7. The first kappa shape index (κ1) is 17.8. The van der Waals surface area contributed by atoms with E-state index >= 15 is 0 Å². The number of hydrogen-bond donors (Lipinski definition) is 2. The molecule has 1 aromatic rings. The minimum absolute atomic E-state index is 0.0502. The number of aryl methyl sites for hydroxylation is 1. The van der Waals surface area contributed by atoms with Crippen LogP contribution in [-0.4, -0.2) is 31.6 Å². The number of anilines is 2. The molecule has 2 N–H and O–H groups in total. The highest BCUT2D eigenvalue weighted by Crippen LogP contribution is 2.22. The predicted octanol–water partition coefficient (Wildman–Crippen LogP) is 3.70. The molecule has 0 aromatic heterocycles. The van der Waals surface area contributed by atoms with Crippen LogP contribution in [0.15, 0.2) is 18.2 Å². The Morgan fingerprint density at radius 1 is 1.17 bits per heavy atom. The summed E-state index contributed by atoms with van der Waals surface area (Å²) in [5, 5.41) is 6.42. The van der Waals surface area contributed by atoms with Crippen molar-refractivity contribution < 1.29 is 4.79 Å². The molecule has 1 amide bonds. The maximum Gasteiger partial charge on any atom is 0.238 e. The molecular formula is C19H31N3O. The summed E-state index contributed by atoms with van der Waals surface area (Å²) in [4.78, 5) is 14.5. The molecule has 0 atom stereocenters. The molecule has 1 aliphatic rings. The van der Waals surface area contributed by atoms with E-state index in [1.54, 1.807) is 0 Å². The highest BCUT2D eigenvalue weighted by Gasteiger charge is 2.14. The van der Waals surface area contributed by atoms with Crippen LogP contribution in [0.1, 0.15) is 51.5 Å². The van der Waals surface area contributed by atoms with E-state index in [-0.39, 0.29) is 5.91 Å². The normalized spacial score (nSPS) is 15.4. The fourth-order valence-electron chi connectivity index (χ4n) is 3.31. The molecule has 0 unspecified atom stereocenters. The van der Waals surface area contributed by atoms with Gasteiger partial charge in [-0.2, -0.15) is 0 Å². The Morgan fingerprint density at radius 2 is 1.87 bits per heavy atom. The van der Waals surface area contributed by atoms with Gasteiger partial charge in [0, 0.05) is 30.5 Å². The Bertz CT molecular complexity index is 505. The summed E-state index contributed by atoms with van der Waals surface area (Å²) in [6.07, 6.45) is 6.30. The fraction of sp³-hybridized carbons (Fsp3) is 0.632. The summed E-state index contributed by atoms with van der Waals surface area (Å²) in [5.41, 5.74) is 3.24. The second-order valence-electron chi connectivity index (χ2n) is 6.44. The lowest BCUT2D eigenvalue weighted by atomic mass is 9.95. The molecule has 1 aliphatic carbocycles. The average Bonchev–Trinajstić information content (AvgIpc) is 2.57. The van der Waals surface area contributed by atoms with Crippen molar-refractivity contribution in [2.75, 3.05) is 29.9 Å². The first-order valence-electron chi connectivity index (χ1n) is 9.02. The van der Waals surface area contributed by atoms with E-state index in [4.69, 9.17) is 0 Å². The summed E-state index contributed by atoms with van der Waals surface area (Å²) in [5.74, 6) is 0.0502. The minimum atomic E-state index is 0.0502. The molecule has 23 heavy (non-hydrogen) atoms. The van der Waals surface area contributed by atoms with Gasteiger partial charge in [0.1, 0.15) is 0 Å². The number of benzene rings is 1. The van der Waals surface area contributed by atoms with Crippen molar-refractivity contribution in [3.63, 3.8) is 0 Å². The van der Waals surface area contributed by atoms with Crippen LogP contribution in [0.25, 0.3) is 0 Å². The second-order valence-corrected chi connectivity index (χ2v) is 6.44. The van der Waals surface area contributed by atoms with Crippen molar-refractivity contribution in [3.05, 3.63) is 23.8 Å². The van der Waals surface area contributed by atoms with Gasteiger partial charge in [0.15, 0.2) is 0 Å². The second kappa shape index (κ2) is 8.92. The number of amides is 1. The third kappa shape index (κ3) is 5.24. The van der Waals surface area contributed by atoms with Gasteiger partial charge in [-0.25, -0.2) is 0 Å². The van der Waals surface area contributed by atoms with Gasteiger partial charge in [0.05, 0.1) is 6.54 Å². The third-order valence-corrected chi connectivity index (χ3v) is 4.77. The molecule has 1 fully saturated rings. The van der Waals surface area contributed by atoms with Gasteiger partial charge in [0.2, 0.25) is 5.91 Å². The smallest absolute Gasteiger partial charge is 0.238 e. The summed E-state index contributed by atoms with van der Waals surface area (Å²) in [6, 6.07) is 6.77. The van der Waals surface area contributed by atoms with Crippen LogP contribution in [-0.2, 0) is 4.79 Å². The molecule has 0 saturated heterocycles. The van der Waals surface area contributed by atoms with Crippen LogP contribution < -0.4 is 15.5 Å². The van der Waals surface area contributed by atoms with Gasteiger partial charge in [-0.3, -0.25) is 4.79 Å². The maximum atomic E-state index is 12.2. The van der Waals surface area contributed by atoms with Crippen molar-refractivity contribution in [3.8, 4) is 0 Å². The molecular weight excluding hydrogens is 286 g/mol. The van der Waals surface area contributed by atoms with E-state index in [0.29, 0.717) is 12.6 Å². The number of nitrogens with zero attached hydrogens (tertiary/aromatic N) is 1. The molecule has 2 rings (SSSR count). The summed E-state index contributed by atoms with van der Waals surface area (Å²) in [7, 11) is 0. The molecule has 4 heteroatoms. The van der Waals surface area contributed by atoms with Gasteiger partial charge in [-0.05, 0) is 57.4 Å². The third-order valence-electron chi connectivity index (χ3n) is 4.77. The molecule has 0 spiro atoms. The quantitative estimate of drug-likeness (QED) is 0.806. The zero-order chi connectivity index (χ0) is 16.7. The van der Waals surface area contributed by atoms with Crippen LogP contribution in [0.3, 0.4) is 0 Å². The summed E-state index contributed by atoms with van der Waals surface area (Å²) >= 11 is 0. The average molecular weight is 317 g/mol. The highest BCUT2D eigenvalue weighted by molar-refractivity contribution is 5.93. The predicted molar refractivity (Wildman–Crippen MR) is 98.2 cm³/mol. The first-order chi connectivity index (χ1) is 11.1. The fourth-order valence-corrected chi connectivity index (χ4v) is 3.31. The lowest BCUT2D eigenvalue weighted by molar-refractivity contribution is -0.115. The largest absolute Gasteiger partial charge is 0.372 e. The van der Waals surface area contributed by atoms with Crippen LogP contribution in [0.5, 0.6) is 0 Å². The number of carbonyl (C=O) groups is 1. The zero-order valence-electron chi connectivity index (χ0n) is 14.8. The topological polar surface area (TPSA) is 44.4 Å². The molecule has 1 aromatic carbocycles. The van der Waals surface area contributed by atoms with Crippen LogP contribution in [0.2, 0.25) is 0 Å². The van der Waals surface area contributed by atoms with Crippen molar-refractivity contribution in [1.82, 2.24) is 5.32 Å². The van der Waals surface area contributed by atoms with Gasteiger partial charge in [-0.1, -0.05) is 19.3 Å². The monoisotopic (exact) mass is 317 g/mol.